The maximum atomic E-state index is 13.3. The standard InChI is InChI=1S/C16H15ClFNO2/c1-2-7-19-16(13-5-6-15(17)21-13)14-9-10-8-11(18)3-4-12(10)20-14/h3-6,8-9,16,19H,2,7H2,1H3. The van der Waals surface area contributed by atoms with Crippen LogP contribution in [0.15, 0.2) is 45.2 Å². The Bertz CT molecular complexity index is 750. The number of hydrogen-bond donors (Lipinski definition) is 1. The first kappa shape index (κ1) is 14.2. The van der Waals surface area contributed by atoms with E-state index in [1.807, 2.05) is 12.1 Å². The summed E-state index contributed by atoms with van der Waals surface area (Å²) in [7, 11) is 0. The highest BCUT2D eigenvalue weighted by Gasteiger charge is 2.21. The molecule has 1 N–H and O–H groups in total. The Balaban J connectivity index is 2.00. The first-order valence-corrected chi connectivity index (χ1v) is 7.23. The van der Waals surface area contributed by atoms with Crippen molar-refractivity contribution in [3.05, 3.63) is 59.0 Å². The molecule has 3 nitrogen and oxygen atoms in total. The molecule has 2 aromatic heterocycles. The van der Waals surface area contributed by atoms with Crippen molar-refractivity contribution in [2.24, 2.45) is 0 Å². The summed E-state index contributed by atoms with van der Waals surface area (Å²) in [4.78, 5) is 0. The van der Waals surface area contributed by atoms with Gasteiger partial charge in [0.2, 0.25) is 0 Å². The lowest BCUT2D eigenvalue weighted by Gasteiger charge is -2.13. The lowest BCUT2D eigenvalue weighted by atomic mass is 10.1. The van der Waals surface area contributed by atoms with Gasteiger partial charge in [-0.3, -0.25) is 0 Å². The maximum absolute atomic E-state index is 13.3. The zero-order valence-electron chi connectivity index (χ0n) is 11.5. The van der Waals surface area contributed by atoms with Crippen molar-refractivity contribution in [2.75, 3.05) is 6.54 Å². The summed E-state index contributed by atoms with van der Waals surface area (Å²) < 4.78 is 24.6. The zero-order valence-corrected chi connectivity index (χ0v) is 12.3. The van der Waals surface area contributed by atoms with Gasteiger partial charge in [0.25, 0.3) is 0 Å². The molecule has 0 aliphatic carbocycles. The molecular formula is C16H15ClFNO2. The number of nitrogens with one attached hydrogen (secondary N) is 1. The van der Waals surface area contributed by atoms with Crippen molar-refractivity contribution in [1.29, 1.82) is 0 Å². The third-order valence-electron chi connectivity index (χ3n) is 3.26. The van der Waals surface area contributed by atoms with Crippen LogP contribution < -0.4 is 5.32 Å². The molecule has 0 bridgehead atoms. The van der Waals surface area contributed by atoms with Crippen LogP contribution >= 0.6 is 11.6 Å². The summed E-state index contributed by atoms with van der Waals surface area (Å²) in [5.74, 6) is 1.07. The van der Waals surface area contributed by atoms with E-state index in [4.69, 9.17) is 20.4 Å². The second-order valence-corrected chi connectivity index (χ2v) is 5.23. The van der Waals surface area contributed by atoms with Gasteiger partial charge < -0.3 is 14.2 Å². The molecule has 0 aliphatic heterocycles. The Kier molecular flexibility index (Phi) is 3.99. The number of rotatable bonds is 5. The number of hydrogen-bond acceptors (Lipinski definition) is 3. The van der Waals surface area contributed by atoms with E-state index in [2.05, 4.69) is 12.2 Å². The Morgan fingerprint density at radius 2 is 2.00 bits per heavy atom. The first-order valence-electron chi connectivity index (χ1n) is 6.85. The number of furan rings is 2. The predicted molar refractivity (Wildman–Crippen MR) is 80.0 cm³/mol. The number of fused-ring (bicyclic) bond motifs is 1. The van der Waals surface area contributed by atoms with Crippen LogP contribution in [0.5, 0.6) is 0 Å². The van der Waals surface area contributed by atoms with E-state index in [-0.39, 0.29) is 11.9 Å². The second-order valence-electron chi connectivity index (χ2n) is 4.86. The van der Waals surface area contributed by atoms with Crippen LogP contribution in [0.25, 0.3) is 11.0 Å². The monoisotopic (exact) mass is 307 g/mol. The van der Waals surface area contributed by atoms with Crippen LogP contribution in [0.2, 0.25) is 5.22 Å². The topological polar surface area (TPSA) is 38.3 Å². The summed E-state index contributed by atoms with van der Waals surface area (Å²) >= 11 is 5.85. The van der Waals surface area contributed by atoms with Gasteiger partial charge in [-0.2, -0.15) is 0 Å². The van der Waals surface area contributed by atoms with Crippen molar-refractivity contribution in [3.63, 3.8) is 0 Å². The molecule has 2 heterocycles. The minimum Gasteiger partial charge on any atom is -0.459 e. The lowest BCUT2D eigenvalue weighted by molar-refractivity contribution is 0.400. The molecule has 0 radical (unpaired) electrons. The number of benzene rings is 1. The van der Waals surface area contributed by atoms with E-state index in [0.717, 1.165) is 18.4 Å². The van der Waals surface area contributed by atoms with E-state index in [1.54, 1.807) is 12.1 Å². The van der Waals surface area contributed by atoms with Gasteiger partial charge in [0.05, 0.1) is 0 Å². The summed E-state index contributed by atoms with van der Waals surface area (Å²) in [6.45, 7) is 2.88. The van der Waals surface area contributed by atoms with Gasteiger partial charge in [-0.05, 0) is 61.0 Å². The number of halogens is 2. The van der Waals surface area contributed by atoms with E-state index in [0.29, 0.717) is 22.3 Å². The summed E-state index contributed by atoms with van der Waals surface area (Å²) in [5, 5.41) is 4.41. The highest BCUT2D eigenvalue weighted by molar-refractivity contribution is 6.28. The Morgan fingerprint density at radius 1 is 1.14 bits per heavy atom. The average molecular weight is 308 g/mol. The minimum atomic E-state index is -0.283. The molecule has 110 valence electrons. The Hall–Kier alpha value is -1.78. The first-order chi connectivity index (χ1) is 10.2. The summed E-state index contributed by atoms with van der Waals surface area (Å²) in [6.07, 6.45) is 0.972. The fraction of sp³-hybridized carbons (Fsp3) is 0.250. The average Bonchev–Trinajstić information content (AvgIpc) is 3.05. The summed E-state index contributed by atoms with van der Waals surface area (Å²) in [6, 6.07) is 9.54. The molecule has 1 unspecified atom stereocenters. The minimum absolute atomic E-state index is 0.243. The van der Waals surface area contributed by atoms with Gasteiger partial charge in [0.1, 0.15) is 29.0 Å². The third-order valence-corrected chi connectivity index (χ3v) is 3.46. The highest BCUT2D eigenvalue weighted by atomic mass is 35.5. The van der Waals surface area contributed by atoms with E-state index < -0.39 is 0 Å². The van der Waals surface area contributed by atoms with Gasteiger partial charge in [0, 0.05) is 5.39 Å². The zero-order chi connectivity index (χ0) is 14.8. The molecule has 0 saturated carbocycles. The van der Waals surface area contributed by atoms with Gasteiger partial charge in [0.15, 0.2) is 5.22 Å². The Morgan fingerprint density at radius 3 is 2.71 bits per heavy atom. The molecule has 0 amide bonds. The maximum Gasteiger partial charge on any atom is 0.193 e. The SMILES string of the molecule is CCCNC(c1ccc(Cl)o1)c1cc2cc(F)ccc2o1. The van der Waals surface area contributed by atoms with Crippen LogP contribution in [-0.2, 0) is 0 Å². The van der Waals surface area contributed by atoms with Gasteiger partial charge in [-0.1, -0.05) is 6.92 Å². The lowest BCUT2D eigenvalue weighted by Crippen LogP contribution is -2.22. The van der Waals surface area contributed by atoms with Crippen LogP contribution in [0.3, 0.4) is 0 Å². The molecule has 21 heavy (non-hydrogen) atoms. The van der Waals surface area contributed by atoms with E-state index in [1.165, 1.54) is 12.1 Å². The molecule has 3 rings (SSSR count). The van der Waals surface area contributed by atoms with E-state index in [9.17, 15) is 4.39 Å². The second kappa shape index (κ2) is 5.92. The van der Waals surface area contributed by atoms with Crippen LogP contribution in [0.1, 0.15) is 30.9 Å². The fourth-order valence-electron chi connectivity index (χ4n) is 2.29. The highest BCUT2D eigenvalue weighted by Crippen LogP contribution is 2.30. The molecule has 5 heteroatoms. The quantitative estimate of drug-likeness (QED) is 0.728. The predicted octanol–water partition coefficient (Wildman–Crippen LogP) is 4.91. The van der Waals surface area contributed by atoms with Crippen LogP contribution in [0.4, 0.5) is 4.39 Å². The molecule has 0 saturated heterocycles. The van der Waals surface area contributed by atoms with Crippen molar-refractivity contribution >= 4 is 22.6 Å². The molecule has 0 spiro atoms. The smallest absolute Gasteiger partial charge is 0.193 e. The van der Waals surface area contributed by atoms with Crippen LogP contribution in [-0.4, -0.2) is 6.54 Å². The van der Waals surface area contributed by atoms with Crippen molar-refractivity contribution in [3.8, 4) is 0 Å². The van der Waals surface area contributed by atoms with Gasteiger partial charge in [-0.25, -0.2) is 4.39 Å². The molecule has 1 aromatic carbocycles. The third kappa shape index (κ3) is 2.96. The van der Waals surface area contributed by atoms with Gasteiger partial charge >= 0.3 is 0 Å². The fourth-order valence-corrected chi connectivity index (χ4v) is 2.44. The van der Waals surface area contributed by atoms with Crippen molar-refractivity contribution in [1.82, 2.24) is 5.32 Å². The van der Waals surface area contributed by atoms with Crippen molar-refractivity contribution < 1.29 is 13.2 Å². The molecule has 0 aliphatic rings. The van der Waals surface area contributed by atoms with Crippen LogP contribution in [0, 0.1) is 5.82 Å². The molecule has 1 atom stereocenters. The molecular weight excluding hydrogens is 293 g/mol. The summed E-state index contributed by atoms with van der Waals surface area (Å²) in [5.41, 5.74) is 0.646. The Labute approximate surface area is 126 Å². The normalized spacial score (nSPS) is 12.9. The molecule has 3 aromatic rings. The van der Waals surface area contributed by atoms with Crippen molar-refractivity contribution in [2.45, 2.75) is 19.4 Å². The largest absolute Gasteiger partial charge is 0.459 e. The van der Waals surface area contributed by atoms with E-state index >= 15 is 0 Å². The molecule has 0 fully saturated rings. The van der Waals surface area contributed by atoms with Gasteiger partial charge in [-0.15, -0.1) is 0 Å².